The Morgan fingerprint density at radius 2 is 1.79 bits per heavy atom. The van der Waals surface area contributed by atoms with E-state index < -0.39 is 11.5 Å². The molecule has 0 aliphatic heterocycles. The highest BCUT2D eigenvalue weighted by atomic mass is 16.5. The van der Waals surface area contributed by atoms with Crippen molar-refractivity contribution in [2.24, 2.45) is 11.8 Å². The number of hydrogen-bond acceptors (Lipinski definition) is 5. The highest BCUT2D eigenvalue weighted by molar-refractivity contribution is 5.86. The van der Waals surface area contributed by atoms with Gasteiger partial charge in [0.05, 0.1) is 24.0 Å². The average molecular weight is 473 g/mol. The van der Waals surface area contributed by atoms with Crippen LogP contribution in [-0.2, 0) is 25.5 Å². The summed E-state index contributed by atoms with van der Waals surface area (Å²) in [5, 5.41) is 14.6. The summed E-state index contributed by atoms with van der Waals surface area (Å²) in [5.74, 6) is -1.87. The van der Waals surface area contributed by atoms with Crippen LogP contribution in [0.25, 0.3) is 0 Å². The van der Waals surface area contributed by atoms with Crippen molar-refractivity contribution in [3.05, 3.63) is 61.2 Å². The number of carbonyl (C=O) groups is 3. The van der Waals surface area contributed by atoms with Crippen LogP contribution in [0.1, 0.15) is 52.0 Å². The van der Waals surface area contributed by atoms with Gasteiger partial charge in [0.25, 0.3) is 0 Å². The van der Waals surface area contributed by atoms with Crippen LogP contribution < -0.4 is 10.6 Å². The van der Waals surface area contributed by atoms with E-state index in [1.54, 1.807) is 32.9 Å². The van der Waals surface area contributed by atoms with Crippen LogP contribution in [0.15, 0.2) is 55.6 Å². The lowest BCUT2D eigenvalue weighted by Gasteiger charge is -2.29. The Morgan fingerprint density at radius 3 is 2.38 bits per heavy atom. The minimum atomic E-state index is -0.823. The predicted molar refractivity (Wildman–Crippen MR) is 134 cm³/mol. The number of esters is 1. The van der Waals surface area contributed by atoms with Crippen molar-refractivity contribution in [3.8, 4) is 0 Å². The van der Waals surface area contributed by atoms with E-state index in [2.05, 4.69) is 23.8 Å². The molecule has 0 aliphatic carbocycles. The third-order valence-electron chi connectivity index (χ3n) is 5.35. The van der Waals surface area contributed by atoms with E-state index >= 15 is 0 Å². The number of rotatable bonds is 16. The first-order chi connectivity index (χ1) is 16.1. The van der Waals surface area contributed by atoms with Crippen molar-refractivity contribution in [2.45, 2.75) is 64.5 Å². The molecule has 3 unspecified atom stereocenters. The number of benzene rings is 1. The summed E-state index contributed by atoms with van der Waals surface area (Å²) in [7, 11) is 0. The molecule has 0 bridgehead atoms. The molecule has 1 aromatic rings. The van der Waals surface area contributed by atoms with Gasteiger partial charge in [-0.2, -0.15) is 0 Å². The molecule has 0 saturated carbocycles. The van der Waals surface area contributed by atoms with Crippen molar-refractivity contribution in [1.82, 2.24) is 10.6 Å². The Balaban J connectivity index is 2.71. The zero-order valence-electron chi connectivity index (χ0n) is 20.7. The van der Waals surface area contributed by atoms with E-state index in [0.29, 0.717) is 25.7 Å². The minimum absolute atomic E-state index is 0.00546. The summed E-state index contributed by atoms with van der Waals surface area (Å²) in [6, 6.07) is 9.39. The number of hydrogen-bond donors (Lipinski definition) is 3. The molecule has 0 spiro atoms. The first kappa shape index (κ1) is 29.1. The van der Waals surface area contributed by atoms with E-state index in [1.807, 2.05) is 30.3 Å². The molecule has 188 valence electrons. The normalized spacial score (nSPS) is 13.8. The number of ether oxygens (including phenoxy) is 1. The van der Waals surface area contributed by atoms with Gasteiger partial charge in [-0.3, -0.25) is 14.4 Å². The number of nitrogens with one attached hydrogen (secondary N) is 2. The van der Waals surface area contributed by atoms with Gasteiger partial charge in [-0.05, 0) is 52.0 Å². The second-order valence-corrected chi connectivity index (χ2v) is 9.31. The van der Waals surface area contributed by atoms with Crippen LogP contribution in [-0.4, -0.2) is 47.7 Å². The van der Waals surface area contributed by atoms with E-state index in [0.717, 1.165) is 5.56 Å². The van der Waals surface area contributed by atoms with Crippen LogP contribution in [0.2, 0.25) is 0 Å². The summed E-state index contributed by atoms with van der Waals surface area (Å²) < 4.78 is 5.61. The summed E-state index contributed by atoms with van der Waals surface area (Å²) in [6.45, 7) is 12.5. The molecule has 0 saturated heterocycles. The van der Waals surface area contributed by atoms with Crippen LogP contribution in [0.4, 0.5) is 0 Å². The van der Waals surface area contributed by atoms with Gasteiger partial charge in [0.1, 0.15) is 6.61 Å². The number of aliphatic hydroxyl groups excluding tert-OH is 1. The fraction of sp³-hybridized carbons (Fsp3) is 0.519. The number of carbonyl (C=O) groups excluding carboxylic acids is 3. The minimum Gasteiger partial charge on any atom is -0.463 e. The third-order valence-corrected chi connectivity index (χ3v) is 5.35. The molecule has 0 fully saturated rings. The number of amides is 2. The average Bonchev–Trinajstić information content (AvgIpc) is 2.80. The Morgan fingerprint density at radius 1 is 1.12 bits per heavy atom. The molecule has 3 N–H and O–H groups in total. The van der Waals surface area contributed by atoms with E-state index in [1.165, 1.54) is 0 Å². The second-order valence-electron chi connectivity index (χ2n) is 9.31. The quantitative estimate of drug-likeness (QED) is 0.253. The van der Waals surface area contributed by atoms with Gasteiger partial charge in [-0.1, -0.05) is 42.5 Å². The van der Waals surface area contributed by atoms with Gasteiger partial charge < -0.3 is 20.5 Å². The van der Waals surface area contributed by atoms with E-state index in [-0.39, 0.29) is 49.4 Å². The van der Waals surface area contributed by atoms with Gasteiger partial charge in [-0.25, -0.2) is 0 Å². The van der Waals surface area contributed by atoms with Gasteiger partial charge in [0.2, 0.25) is 11.8 Å². The smallest absolute Gasteiger partial charge is 0.309 e. The zero-order chi connectivity index (χ0) is 25.6. The van der Waals surface area contributed by atoms with Crippen LogP contribution >= 0.6 is 0 Å². The fourth-order valence-corrected chi connectivity index (χ4v) is 3.45. The topological polar surface area (TPSA) is 105 Å². The molecular formula is C27H40N2O5. The molecule has 2 amide bonds. The predicted octanol–water partition coefficient (Wildman–Crippen LogP) is 3.33. The molecule has 0 radical (unpaired) electrons. The molecule has 0 heterocycles. The Labute approximate surface area is 203 Å². The highest BCUT2D eigenvalue weighted by Crippen LogP contribution is 2.18. The maximum Gasteiger partial charge on any atom is 0.309 e. The number of aliphatic hydroxyl groups is 1. The Hall–Kier alpha value is -2.93. The molecule has 34 heavy (non-hydrogen) atoms. The lowest BCUT2D eigenvalue weighted by molar-refractivity contribution is -0.151. The summed E-state index contributed by atoms with van der Waals surface area (Å²) >= 11 is 0. The largest absolute Gasteiger partial charge is 0.463 e. The lowest BCUT2D eigenvalue weighted by atomic mass is 9.94. The van der Waals surface area contributed by atoms with E-state index in [9.17, 15) is 14.4 Å². The number of allylic oxidation sites excluding steroid dienone is 2. The monoisotopic (exact) mass is 472 g/mol. The summed E-state index contributed by atoms with van der Waals surface area (Å²) in [6.07, 6.45) is 5.57. The Kier molecular flexibility index (Phi) is 12.9. The maximum atomic E-state index is 12.9. The van der Waals surface area contributed by atoms with Gasteiger partial charge in [0, 0.05) is 12.5 Å². The molecule has 3 atom stereocenters. The molecule has 1 rings (SSSR count). The van der Waals surface area contributed by atoms with Crippen LogP contribution in [0.3, 0.4) is 0 Å². The van der Waals surface area contributed by atoms with Gasteiger partial charge in [0.15, 0.2) is 0 Å². The standard InChI is InChI=1S/C27H40N2O5/c1-6-8-15-23(16-21-13-10-9-11-14-21)26(33)34-19-27(4,5)29-25(32)22(12-7-2)17-24(31)28-20(3)18-30/h6-7,9-11,13-14,20,22-23,30H,1-2,8,12,15-19H2,3-5H3,(H,28,31)(H,29,32). The third kappa shape index (κ3) is 11.3. The molecule has 7 nitrogen and oxygen atoms in total. The van der Waals surface area contributed by atoms with Crippen LogP contribution in [0.5, 0.6) is 0 Å². The molecule has 7 heteroatoms. The zero-order valence-corrected chi connectivity index (χ0v) is 20.7. The summed E-state index contributed by atoms with van der Waals surface area (Å²) in [4.78, 5) is 37.9. The molecule has 1 aromatic carbocycles. The molecular weight excluding hydrogens is 432 g/mol. The fourth-order valence-electron chi connectivity index (χ4n) is 3.45. The van der Waals surface area contributed by atoms with Crippen molar-refractivity contribution in [1.29, 1.82) is 0 Å². The maximum absolute atomic E-state index is 12.9. The second kappa shape index (κ2) is 15.1. The van der Waals surface area contributed by atoms with Crippen LogP contribution in [0, 0.1) is 11.8 Å². The van der Waals surface area contributed by atoms with Gasteiger partial charge in [-0.15, -0.1) is 13.2 Å². The van der Waals surface area contributed by atoms with Gasteiger partial charge >= 0.3 is 5.97 Å². The first-order valence-corrected chi connectivity index (χ1v) is 11.8. The van der Waals surface area contributed by atoms with Crippen molar-refractivity contribution < 1.29 is 24.2 Å². The highest BCUT2D eigenvalue weighted by Gasteiger charge is 2.29. The SMILES string of the molecule is C=CCCC(Cc1ccccc1)C(=O)OCC(C)(C)NC(=O)C(CC=C)CC(=O)NC(C)CO. The van der Waals surface area contributed by atoms with Crippen molar-refractivity contribution >= 4 is 17.8 Å². The first-order valence-electron chi connectivity index (χ1n) is 11.8. The molecule has 0 aliphatic rings. The van der Waals surface area contributed by atoms with Crippen molar-refractivity contribution in [3.63, 3.8) is 0 Å². The summed E-state index contributed by atoms with van der Waals surface area (Å²) in [5.41, 5.74) is 0.235. The van der Waals surface area contributed by atoms with Crippen molar-refractivity contribution in [2.75, 3.05) is 13.2 Å². The Bertz CT molecular complexity index is 806. The van der Waals surface area contributed by atoms with E-state index in [4.69, 9.17) is 9.84 Å². The lowest BCUT2D eigenvalue weighted by Crippen LogP contribution is -2.50. The molecule has 0 aromatic heterocycles.